The van der Waals surface area contributed by atoms with E-state index in [0.717, 1.165) is 22.5 Å². The second kappa shape index (κ2) is 4.90. The number of nitrogens with zero attached hydrogens (tertiary/aromatic N) is 3. The van der Waals surface area contributed by atoms with Gasteiger partial charge in [-0.15, -0.1) is 0 Å². The Labute approximate surface area is 111 Å². The zero-order valence-corrected chi connectivity index (χ0v) is 10.3. The van der Waals surface area contributed by atoms with Crippen molar-refractivity contribution < 1.29 is 0 Å². The minimum Gasteiger partial charge on any atom is -0.361 e. The predicted octanol–water partition coefficient (Wildman–Crippen LogP) is 4.61. The van der Waals surface area contributed by atoms with Gasteiger partial charge in [0, 0.05) is 0 Å². The van der Waals surface area contributed by atoms with Crippen LogP contribution < -0.4 is 0 Å². The molecule has 3 heteroatoms. The van der Waals surface area contributed by atoms with Gasteiger partial charge in [-0.2, -0.15) is 0 Å². The number of rotatable bonds is 3. The predicted molar refractivity (Wildman–Crippen MR) is 76.5 cm³/mol. The van der Waals surface area contributed by atoms with Crippen LogP contribution in [0.25, 0.3) is 28.0 Å². The Morgan fingerprint density at radius 3 is 1.42 bits per heavy atom. The van der Waals surface area contributed by atoms with Crippen LogP contribution in [0, 0.1) is 0 Å². The summed E-state index contributed by atoms with van der Waals surface area (Å²) in [5.74, 6) is 0. The van der Waals surface area contributed by atoms with Crippen LogP contribution in [0.15, 0.2) is 78.0 Å². The Morgan fingerprint density at radius 2 is 1.05 bits per heavy atom. The molecule has 0 aliphatic heterocycles. The van der Waals surface area contributed by atoms with Crippen molar-refractivity contribution in [3.05, 3.63) is 78.3 Å². The van der Waals surface area contributed by atoms with Crippen molar-refractivity contribution >= 4 is 0 Å². The van der Waals surface area contributed by atoms with Crippen molar-refractivity contribution in [3.8, 4) is 22.5 Å². The van der Waals surface area contributed by atoms with Crippen LogP contribution in [0.4, 0.5) is 0 Å². The topological polar surface area (TPSA) is 39.6 Å². The van der Waals surface area contributed by atoms with Gasteiger partial charge in [0.1, 0.15) is 0 Å². The lowest BCUT2D eigenvalue weighted by Crippen LogP contribution is -1.93. The average molecular weight is 246 g/mol. The highest BCUT2D eigenvalue weighted by Crippen LogP contribution is 2.28. The van der Waals surface area contributed by atoms with E-state index in [4.69, 9.17) is 0 Å². The summed E-state index contributed by atoms with van der Waals surface area (Å²) in [5.41, 5.74) is 13.1. The van der Waals surface area contributed by atoms with Gasteiger partial charge in [-0.1, -0.05) is 72.8 Å². The zero-order chi connectivity index (χ0) is 13.1. The van der Waals surface area contributed by atoms with Crippen LogP contribution in [0.3, 0.4) is 0 Å². The van der Waals surface area contributed by atoms with E-state index < -0.39 is 0 Å². The van der Waals surface area contributed by atoms with Gasteiger partial charge in [-0.05, 0) is 22.5 Å². The number of hydrogen-bond acceptors (Lipinski definition) is 1. The highest BCUT2D eigenvalue weighted by molar-refractivity contribution is 5.69. The van der Waals surface area contributed by atoms with Gasteiger partial charge < -0.3 is 10.2 Å². The molecule has 1 aromatic heterocycles. The third-order valence-corrected chi connectivity index (χ3v) is 3.08. The fourth-order valence-electron chi connectivity index (χ4n) is 2.18. The molecule has 1 heterocycles. The number of benzene rings is 2. The monoisotopic (exact) mass is 246 g/mol. The molecule has 0 N–H and O–H groups in total. The molecule has 0 bridgehead atoms. The first-order valence-corrected chi connectivity index (χ1v) is 6.08. The fraction of sp³-hybridized carbons (Fsp3) is 0. The van der Waals surface area contributed by atoms with E-state index in [0.29, 0.717) is 0 Å². The SMILES string of the molecule is [N-]=Nn1c(-c2ccccc2)ccc1-c1ccccc1. The van der Waals surface area contributed by atoms with Crippen molar-refractivity contribution in [3.63, 3.8) is 0 Å². The molecule has 0 radical (unpaired) electrons. The standard InChI is InChI=1S/C16H12N3/c17-18-19-15(13-7-3-1-4-8-13)11-12-16(19)14-9-5-2-6-10-14/h1-12H/q-1. The van der Waals surface area contributed by atoms with Crippen LogP contribution >= 0.6 is 0 Å². The summed E-state index contributed by atoms with van der Waals surface area (Å²) < 4.78 is 1.55. The number of hydrogen-bond donors (Lipinski definition) is 0. The molecule has 0 saturated heterocycles. The normalized spacial score (nSPS) is 10.3. The highest BCUT2D eigenvalue weighted by atomic mass is 15.4. The Hall–Kier alpha value is -2.68. The molecule has 3 aromatic rings. The third kappa shape index (κ3) is 2.06. The summed E-state index contributed by atoms with van der Waals surface area (Å²) in [6.07, 6.45) is 0. The second-order valence-electron chi connectivity index (χ2n) is 4.24. The summed E-state index contributed by atoms with van der Waals surface area (Å²) in [4.78, 5) is 0. The van der Waals surface area contributed by atoms with Gasteiger partial charge in [0.25, 0.3) is 0 Å². The molecule has 0 atom stereocenters. The summed E-state index contributed by atoms with van der Waals surface area (Å²) in [6, 6.07) is 23.7. The van der Waals surface area contributed by atoms with E-state index in [-0.39, 0.29) is 0 Å². The van der Waals surface area contributed by atoms with Gasteiger partial charge >= 0.3 is 0 Å². The lowest BCUT2D eigenvalue weighted by Gasteiger charge is -2.14. The van der Waals surface area contributed by atoms with Gasteiger partial charge in [-0.3, -0.25) is 5.22 Å². The summed E-state index contributed by atoms with van der Waals surface area (Å²) in [5, 5.41) is 3.40. The highest BCUT2D eigenvalue weighted by Gasteiger charge is 2.04. The zero-order valence-electron chi connectivity index (χ0n) is 10.3. The summed E-state index contributed by atoms with van der Waals surface area (Å²) in [7, 11) is 0. The van der Waals surface area contributed by atoms with E-state index in [1.807, 2.05) is 72.8 Å². The molecule has 0 aliphatic rings. The quantitative estimate of drug-likeness (QED) is 0.605. The molecular formula is C16H12N3-. The smallest absolute Gasteiger partial charge is 0.0146 e. The fourth-order valence-corrected chi connectivity index (χ4v) is 2.18. The van der Waals surface area contributed by atoms with E-state index in [1.54, 1.807) is 4.68 Å². The second-order valence-corrected chi connectivity index (χ2v) is 4.24. The Kier molecular flexibility index (Phi) is 2.94. The molecule has 0 saturated carbocycles. The first kappa shape index (κ1) is 11.4. The first-order valence-electron chi connectivity index (χ1n) is 6.08. The first-order chi connectivity index (χ1) is 9.40. The van der Waals surface area contributed by atoms with Crippen LogP contribution in [0.2, 0.25) is 0 Å². The average Bonchev–Trinajstić information content (AvgIpc) is 2.93. The maximum Gasteiger partial charge on any atom is -0.0146 e. The van der Waals surface area contributed by atoms with E-state index in [9.17, 15) is 5.53 Å². The Morgan fingerprint density at radius 1 is 0.632 bits per heavy atom. The van der Waals surface area contributed by atoms with Crippen LogP contribution in [-0.4, -0.2) is 4.68 Å². The van der Waals surface area contributed by atoms with E-state index in [2.05, 4.69) is 5.22 Å². The van der Waals surface area contributed by atoms with Gasteiger partial charge in [0.2, 0.25) is 0 Å². The van der Waals surface area contributed by atoms with Gasteiger partial charge in [0.15, 0.2) is 0 Å². The number of aromatic nitrogens is 1. The molecule has 92 valence electrons. The van der Waals surface area contributed by atoms with Crippen molar-refractivity contribution in [1.29, 1.82) is 0 Å². The molecule has 3 nitrogen and oxygen atoms in total. The summed E-state index contributed by atoms with van der Waals surface area (Å²) >= 11 is 0. The molecule has 0 amide bonds. The molecule has 0 fully saturated rings. The van der Waals surface area contributed by atoms with E-state index >= 15 is 0 Å². The maximum absolute atomic E-state index is 9.30. The third-order valence-electron chi connectivity index (χ3n) is 3.08. The summed E-state index contributed by atoms with van der Waals surface area (Å²) in [6.45, 7) is 0. The van der Waals surface area contributed by atoms with Crippen LogP contribution in [0.1, 0.15) is 0 Å². The minimum atomic E-state index is 0.863. The Balaban J connectivity index is 2.15. The van der Waals surface area contributed by atoms with Crippen molar-refractivity contribution in [1.82, 2.24) is 4.68 Å². The lowest BCUT2D eigenvalue weighted by atomic mass is 10.2. The van der Waals surface area contributed by atoms with Crippen molar-refractivity contribution in [2.45, 2.75) is 0 Å². The van der Waals surface area contributed by atoms with Crippen molar-refractivity contribution in [2.24, 2.45) is 5.22 Å². The molecule has 2 aromatic carbocycles. The molecule has 3 rings (SSSR count). The Bertz CT molecular complexity index is 628. The lowest BCUT2D eigenvalue weighted by molar-refractivity contribution is 0.894. The maximum atomic E-state index is 9.30. The van der Waals surface area contributed by atoms with Gasteiger partial charge in [0.05, 0.1) is 0 Å². The van der Waals surface area contributed by atoms with Crippen molar-refractivity contribution in [2.75, 3.05) is 0 Å². The molecular weight excluding hydrogens is 234 g/mol. The molecule has 19 heavy (non-hydrogen) atoms. The van der Waals surface area contributed by atoms with Crippen LogP contribution in [0.5, 0.6) is 0 Å². The van der Waals surface area contributed by atoms with Crippen LogP contribution in [-0.2, 0) is 0 Å². The molecule has 0 aliphatic carbocycles. The van der Waals surface area contributed by atoms with E-state index in [1.165, 1.54) is 0 Å². The minimum absolute atomic E-state index is 0.863. The van der Waals surface area contributed by atoms with Gasteiger partial charge in [-0.25, -0.2) is 0 Å². The largest absolute Gasteiger partial charge is 0.361 e. The molecule has 0 spiro atoms. The molecule has 0 unspecified atom stereocenters.